The van der Waals surface area contributed by atoms with Gasteiger partial charge in [-0.25, -0.2) is 0 Å². The topological polar surface area (TPSA) is 51.2 Å². The quantitative estimate of drug-likeness (QED) is 0.662. The number of furan rings is 1. The number of nitrogens with one attached hydrogen (secondary N) is 1. The van der Waals surface area contributed by atoms with Gasteiger partial charge in [-0.1, -0.05) is 35.3 Å². The van der Waals surface area contributed by atoms with Crippen LogP contribution >= 0.6 is 23.2 Å². The van der Waals surface area contributed by atoms with Crippen molar-refractivity contribution in [3.05, 3.63) is 58.0 Å². The Labute approximate surface area is 109 Å². The molecule has 0 aliphatic carbocycles. The van der Waals surface area contributed by atoms with Gasteiger partial charge in [-0.3, -0.25) is 11.3 Å². The molecule has 1 aromatic carbocycles. The molecular weight excluding hydrogens is 259 g/mol. The van der Waals surface area contributed by atoms with Crippen molar-refractivity contribution in [3.8, 4) is 0 Å². The molecule has 1 aromatic heterocycles. The first kappa shape index (κ1) is 12.5. The molecule has 0 fully saturated rings. The molecule has 0 spiro atoms. The number of rotatable bonds is 4. The van der Waals surface area contributed by atoms with Gasteiger partial charge in [0.25, 0.3) is 0 Å². The standard InChI is InChI=1S/C12H12Cl2N2O/c13-10-5-1-4-9(12(10)14)11(16-15)7-8-3-2-6-17-8/h1-6,11,16H,7,15H2. The summed E-state index contributed by atoms with van der Waals surface area (Å²) in [6.07, 6.45) is 2.24. The summed E-state index contributed by atoms with van der Waals surface area (Å²) < 4.78 is 5.29. The predicted molar refractivity (Wildman–Crippen MR) is 68.9 cm³/mol. The summed E-state index contributed by atoms with van der Waals surface area (Å²) in [5, 5.41) is 1.03. The van der Waals surface area contributed by atoms with Crippen LogP contribution in [0.25, 0.3) is 0 Å². The summed E-state index contributed by atoms with van der Waals surface area (Å²) >= 11 is 12.1. The number of nitrogens with two attached hydrogens (primary N) is 1. The number of hydrogen-bond donors (Lipinski definition) is 2. The molecule has 0 amide bonds. The van der Waals surface area contributed by atoms with E-state index >= 15 is 0 Å². The second-order valence-electron chi connectivity index (χ2n) is 3.65. The average Bonchev–Trinajstić information content (AvgIpc) is 2.83. The van der Waals surface area contributed by atoms with Crippen molar-refractivity contribution in [2.24, 2.45) is 5.84 Å². The van der Waals surface area contributed by atoms with Gasteiger partial charge in [-0.15, -0.1) is 0 Å². The molecule has 1 atom stereocenters. The molecular formula is C12H12Cl2N2O. The van der Waals surface area contributed by atoms with Crippen molar-refractivity contribution in [2.45, 2.75) is 12.5 Å². The molecule has 0 saturated heterocycles. The summed E-state index contributed by atoms with van der Waals surface area (Å²) in [6.45, 7) is 0. The van der Waals surface area contributed by atoms with Gasteiger partial charge in [-0.05, 0) is 23.8 Å². The van der Waals surface area contributed by atoms with Gasteiger partial charge in [0.15, 0.2) is 0 Å². The highest BCUT2D eigenvalue weighted by Gasteiger charge is 2.16. The van der Waals surface area contributed by atoms with E-state index in [4.69, 9.17) is 33.5 Å². The van der Waals surface area contributed by atoms with E-state index < -0.39 is 0 Å². The fraction of sp³-hybridized carbons (Fsp3) is 0.167. The molecule has 3 N–H and O–H groups in total. The maximum Gasteiger partial charge on any atom is 0.105 e. The van der Waals surface area contributed by atoms with E-state index in [1.807, 2.05) is 24.3 Å². The average molecular weight is 271 g/mol. The normalized spacial score (nSPS) is 12.6. The fourth-order valence-corrected chi connectivity index (χ4v) is 2.12. The minimum atomic E-state index is -0.132. The van der Waals surface area contributed by atoms with E-state index in [1.54, 1.807) is 12.3 Å². The van der Waals surface area contributed by atoms with E-state index in [0.717, 1.165) is 11.3 Å². The lowest BCUT2D eigenvalue weighted by Crippen LogP contribution is -2.29. The van der Waals surface area contributed by atoms with Crippen molar-refractivity contribution < 1.29 is 4.42 Å². The maximum atomic E-state index is 6.15. The third-order valence-corrected chi connectivity index (χ3v) is 3.38. The van der Waals surface area contributed by atoms with Crippen LogP contribution in [-0.4, -0.2) is 0 Å². The van der Waals surface area contributed by atoms with Gasteiger partial charge in [0.1, 0.15) is 5.76 Å². The van der Waals surface area contributed by atoms with E-state index in [9.17, 15) is 0 Å². The SMILES string of the molecule is NNC(Cc1ccco1)c1cccc(Cl)c1Cl. The van der Waals surface area contributed by atoms with E-state index in [-0.39, 0.29) is 6.04 Å². The van der Waals surface area contributed by atoms with Gasteiger partial charge in [0, 0.05) is 6.42 Å². The van der Waals surface area contributed by atoms with Crippen molar-refractivity contribution in [1.29, 1.82) is 0 Å². The Morgan fingerprint density at radius 2 is 2.06 bits per heavy atom. The zero-order valence-corrected chi connectivity index (χ0v) is 10.5. The van der Waals surface area contributed by atoms with Crippen LogP contribution in [0.2, 0.25) is 10.0 Å². The summed E-state index contributed by atoms with van der Waals surface area (Å²) in [5.41, 5.74) is 3.58. The summed E-state index contributed by atoms with van der Waals surface area (Å²) in [7, 11) is 0. The largest absolute Gasteiger partial charge is 0.469 e. The smallest absolute Gasteiger partial charge is 0.105 e. The minimum Gasteiger partial charge on any atom is -0.469 e. The third kappa shape index (κ3) is 2.82. The van der Waals surface area contributed by atoms with Crippen LogP contribution in [-0.2, 0) is 6.42 Å². The van der Waals surface area contributed by atoms with Crippen molar-refractivity contribution in [3.63, 3.8) is 0 Å². The molecule has 1 unspecified atom stereocenters. The van der Waals surface area contributed by atoms with Gasteiger partial charge < -0.3 is 4.42 Å². The van der Waals surface area contributed by atoms with Gasteiger partial charge in [0.2, 0.25) is 0 Å². The summed E-state index contributed by atoms with van der Waals surface area (Å²) in [6, 6.07) is 9.07. The highest BCUT2D eigenvalue weighted by molar-refractivity contribution is 6.42. The van der Waals surface area contributed by atoms with Crippen LogP contribution < -0.4 is 11.3 Å². The highest BCUT2D eigenvalue weighted by atomic mass is 35.5. The molecule has 5 heteroatoms. The number of hydrogen-bond acceptors (Lipinski definition) is 3. The van der Waals surface area contributed by atoms with Crippen molar-refractivity contribution in [2.75, 3.05) is 0 Å². The summed E-state index contributed by atoms with van der Waals surface area (Å²) in [5.74, 6) is 6.38. The third-order valence-electron chi connectivity index (χ3n) is 2.54. The molecule has 0 aliphatic rings. The van der Waals surface area contributed by atoms with Crippen LogP contribution in [0.15, 0.2) is 41.0 Å². The maximum absolute atomic E-state index is 6.15. The molecule has 1 heterocycles. The Balaban J connectivity index is 2.26. The Morgan fingerprint density at radius 1 is 1.24 bits per heavy atom. The molecule has 0 radical (unpaired) electrons. The first-order chi connectivity index (χ1) is 8.22. The molecule has 3 nitrogen and oxygen atoms in total. The van der Waals surface area contributed by atoms with Crippen LogP contribution in [0, 0.1) is 0 Å². The van der Waals surface area contributed by atoms with Gasteiger partial charge in [-0.2, -0.15) is 0 Å². The first-order valence-electron chi connectivity index (χ1n) is 5.14. The molecule has 90 valence electrons. The Kier molecular flexibility index (Phi) is 4.07. The van der Waals surface area contributed by atoms with Crippen LogP contribution in [0.3, 0.4) is 0 Å². The van der Waals surface area contributed by atoms with E-state index in [2.05, 4.69) is 5.43 Å². The summed E-state index contributed by atoms with van der Waals surface area (Å²) in [4.78, 5) is 0. The Morgan fingerprint density at radius 3 is 2.71 bits per heavy atom. The van der Waals surface area contributed by atoms with Crippen molar-refractivity contribution >= 4 is 23.2 Å². The zero-order chi connectivity index (χ0) is 12.3. The zero-order valence-electron chi connectivity index (χ0n) is 8.99. The molecule has 0 saturated carbocycles. The number of benzene rings is 1. The fourth-order valence-electron chi connectivity index (χ4n) is 1.68. The van der Waals surface area contributed by atoms with Crippen molar-refractivity contribution in [1.82, 2.24) is 5.43 Å². The molecule has 0 bridgehead atoms. The lowest BCUT2D eigenvalue weighted by Gasteiger charge is -2.17. The molecule has 2 aromatic rings. The van der Waals surface area contributed by atoms with Crippen LogP contribution in [0.4, 0.5) is 0 Å². The minimum absolute atomic E-state index is 0.132. The van der Waals surface area contributed by atoms with Crippen LogP contribution in [0.1, 0.15) is 17.4 Å². The molecule has 17 heavy (non-hydrogen) atoms. The molecule has 0 aliphatic heterocycles. The highest BCUT2D eigenvalue weighted by Crippen LogP contribution is 2.31. The monoisotopic (exact) mass is 270 g/mol. The first-order valence-corrected chi connectivity index (χ1v) is 5.90. The van der Waals surface area contributed by atoms with Gasteiger partial charge >= 0.3 is 0 Å². The second kappa shape index (κ2) is 5.56. The van der Waals surface area contributed by atoms with E-state index in [0.29, 0.717) is 16.5 Å². The van der Waals surface area contributed by atoms with Crippen LogP contribution in [0.5, 0.6) is 0 Å². The van der Waals surface area contributed by atoms with Gasteiger partial charge in [0.05, 0.1) is 22.4 Å². The van der Waals surface area contributed by atoms with E-state index in [1.165, 1.54) is 0 Å². The Bertz CT molecular complexity index is 485. The second-order valence-corrected chi connectivity index (χ2v) is 4.43. The predicted octanol–water partition coefficient (Wildman–Crippen LogP) is 3.33. The number of hydrazine groups is 1. The lowest BCUT2D eigenvalue weighted by atomic mass is 10.0. The Hall–Kier alpha value is -1.000. The lowest BCUT2D eigenvalue weighted by molar-refractivity contribution is 0.455. The number of halogens is 2. The molecule has 2 rings (SSSR count).